The average molecular weight is 337 g/mol. The summed E-state index contributed by atoms with van der Waals surface area (Å²) in [5.74, 6) is 1.69. The first-order chi connectivity index (χ1) is 11.9. The van der Waals surface area contributed by atoms with Crippen LogP contribution in [-0.2, 0) is 4.74 Å². The molecule has 0 spiro atoms. The lowest BCUT2D eigenvalue weighted by Crippen LogP contribution is -2.10. The molecule has 0 aliphatic carbocycles. The number of ether oxygens (including phenoxy) is 1. The fraction of sp³-hybridized carbons (Fsp3) is 0.263. The number of benzene rings is 1. The lowest BCUT2D eigenvalue weighted by Gasteiger charge is -2.15. The van der Waals surface area contributed by atoms with Gasteiger partial charge in [0.05, 0.1) is 18.7 Å². The van der Waals surface area contributed by atoms with E-state index in [9.17, 15) is 0 Å². The highest BCUT2D eigenvalue weighted by molar-refractivity contribution is 7.08. The van der Waals surface area contributed by atoms with E-state index in [1.807, 2.05) is 18.2 Å². The van der Waals surface area contributed by atoms with Gasteiger partial charge in [-0.2, -0.15) is 11.3 Å². The average Bonchev–Trinajstić information content (AvgIpc) is 3.17. The van der Waals surface area contributed by atoms with Crippen molar-refractivity contribution in [2.75, 3.05) is 25.1 Å². The first-order valence-electron chi connectivity index (χ1n) is 8.19. The van der Waals surface area contributed by atoms with Crippen molar-refractivity contribution in [3.63, 3.8) is 0 Å². The van der Waals surface area contributed by atoms with E-state index in [0.717, 1.165) is 60.7 Å². The summed E-state index contributed by atoms with van der Waals surface area (Å²) >= 11 is 1.66. The largest absolute Gasteiger partial charge is 0.377 e. The number of nitrogens with one attached hydrogen (secondary N) is 1. The molecule has 0 radical (unpaired) electrons. The molecule has 0 saturated carbocycles. The van der Waals surface area contributed by atoms with E-state index in [1.54, 1.807) is 11.3 Å². The first kappa shape index (κ1) is 15.3. The molecule has 4 rings (SSSR count). The maximum Gasteiger partial charge on any atom is 0.162 e. The van der Waals surface area contributed by atoms with E-state index < -0.39 is 0 Å². The van der Waals surface area contributed by atoms with E-state index in [0.29, 0.717) is 0 Å². The lowest BCUT2D eigenvalue weighted by molar-refractivity contribution is 0.153. The third-order valence-electron chi connectivity index (χ3n) is 4.18. The van der Waals surface area contributed by atoms with E-state index in [2.05, 4.69) is 34.3 Å². The van der Waals surface area contributed by atoms with Gasteiger partial charge in [0, 0.05) is 22.9 Å². The van der Waals surface area contributed by atoms with Gasteiger partial charge in [-0.1, -0.05) is 23.8 Å². The molecule has 3 heterocycles. The molecule has 0 bridgehead atoms. The van der Waals surface area contributed by atoms with Gasteiger partial charge in [-0.3, -0.25) is 0 Å². The standard InChI is InChI=1S/C19H19N3OS/c1-2-4-17-16(3-1)19(20-9-5-14-6-10-23-11-7-14)22-18(21-17)15-8-12-24-13-15/h1-4,6,8,12-13H,5,7,9-11H2,(H,20,21,22). The molecule has 1 aromatic carbocycles. The highest BCUT2D eigenvalue weighted by atomic mass is 32.1. The van der Waals surface area contributed by atoms with Gasteiger partial charge >= 0.3 is 0 Å². The summed E-state index contributed by atoms with van der Waals surface area (Å²) in [6.07, 6.45) is 4.25. The van der Waals surface area contributed by atoms with Crippen molar-refractivity contribution in [3.05, 3.63) is 52.7 Å². The summed E-state index contributed by atoms with van der Waals surface area (Å²) < 4.78 is 5.36. The number of aromatic nitrogens is 2. The fourth-order valence-corrected chi connectivity index (χ4v) is 3.50. The van der Waals surface area contributed by atoms with Crippen molar-refractivity contribution < 1.29 is 4.74 Å². The Hall–Kier alpha value is -2.24. The van der Waals surface area contributed by atoms with Gasteiger partial charge in [0.25, 0.3) is 0 Å². The second-order valence-corrected chi connectivity index (χ2v) is 6.57. The number of para-hydroxylation sites is 1. The van der Waals surface area contributed by atoms with Crippen LogP contribution in [0, 0.1) is 0 Å². The second-order valence-electron chi connectivity index (χ2n) is 5.79. The number of anilines is 1. The van der Waals surface area contributed by atoms with Crippen molar-refractivity contribution in [1.29, 1.82) is 0 Å². The van der Waals surface area contributed by atoms with Crippen LogP contribution >= 0.6 is 11.3 Å². The minimum Gasteiger partial charge on any atom is -0.377 e. The quantitative estimate of drug-likeness (QED) is 0.696. The number of hydrogen-bond donors (Lipinski definition) is 1. The van der Waals surface area contributed by atoms with Crippen LogP contribution in [0.1, 0.15) is 12.8 Å². The normalized spacial score (nSPS) is 14.6. The van der Waals surface area contributed by atoms with Crippen LogP contribution in [0.5, 0.6) is 0 Å². The number of nitrogens with zero attached hydrogens (tertiary/aromatic N) is 2. The minimum absolute atomic E-state index is 0.744. The number of thiophene rings is 1. The third-order valence-corrected chi connectivity index (χ3v) is 4.86. The lowest BCUT2D eigenvalue weighted by atomic mass is 10.1. The molecular weight excluding hydrogens is 318 g/mol. The summed E-state index contributed by atoms with van der Waals surface area (Å²) in [5, 5.41) is 8.71. The molecule has 122 valence electrons. The van der Waals surface area contributed by atoms with E-state index in [4.69, 9.17) is 14.7 Å². The Morgan fingerprint density at radius 2 is 2.12 bits per heavy atom. The van der Waals surface area contributed by atoms with Crippen molar-refractivity contribution in [2.24, 2.45) is 0 Å². The molecule has 4 nitrogen and oxygen atoms in total. The van der Waals surface area contributed by atoms with E-state index >= 15 is 0 Å². The van der Waals surface area contributed by atoms with Gasteiger partial charge in [-0.25, -0.2) is 9.97 Å². The van der Waals surface area contributed by atoms with Gasteiger partial charge < -0.3 is 10.1 Å². The van der Waals surface area contributed by atoms with E-state index in [-0.39, 0.29) is 0 Å². The number of hydrogen-bond acceptors (Lipinski definition) is 5. The molecule has 0 atom stereocenters. The molecular formula is C19H19N3OS. The van der Waals surface area contributed by atoms with Gasteiger partial charge in [-0.05, 0) is 36.4 Å². The highest BCUT2D eigenvalue weighted by Crippen LogP contribution is 2.26. The van der Waals surface area contributed by atoms with Crippen molar-refractivity contribution in [2.45, 2.75) is 12.8 Å². The van der Waals surface area contributed by atoms with Crippen LogP contribution in [0.3, 0.4) is 0 Å². The SMILES string of the molecule is C1=C(CCNc2nc(-c3ccsc3)nc3ccccc23)CCOC1. The van der Waals surface area contributed by atoms with Gasteiger partial charge in [0.1, 0.15) is 5.82 Å². The molecule has 5 heteroatoms. The molecule has 2 aromatic heterocycles. The van der Waals surface area contributed by atoms with Crippen LogP contribution in [0.4, 0.5) is 5.82 Å². The van der Waals surface area contributed by atoms with Crippen molar-refractivity contribution in [1.82, 2.24) is 9.97 Å². The predicted octanol–water partition coefficient (Wildman–Crippen LogP) is 4.51. The van der Waals surface area contributed by atoms with Crippen molar-refractivity contribution in [3.8, 4) is 11.4 Å². The zero-order valence-electron chi connectivity index (χ0n) is 13.4. The summed E-state index contributed by atoms with van der Waals surface area (Å²) in [5.41, 5.74) is 3.51. The maximum absolute atomic E-state index is 5.36. The zero-order chi connectivity index (χ0) is 16.2. The number of rotatable bonds is 5. The Labute approximate surface area is 145 Å². The maximum atomic E-state index is 5.36. The Bertz CT molecular complexity index is 858. The second kappa shape index (κ2) is 7.11. The summed E-state index contributed by atoms with van der Waals surface area (Å²) in [6, 6.07) is 10.2. The predicted molar refractivity (Wildman–Crippen MR) is 99.5 cm³/mol. The van der Waals surface area contributed by atoms with Crippen LogP contribution in [0.15, 0.2) is 52.7 Å². The molecule has 0 saturated heterocycles. The molecule has 1 aliphatic heterocycles. The van der Waals surface area contributed by atoms with Crippen molar-refractivity contribution >= 4 is 28.1 Å². The fourth-order valence-electron chi connectivity index (χ4n) is 2.87. The molecule has 3 aromatic rings. The van der Waals surface area contributed by atoms with Crippen LogP contribution < -0.4 is 5.32 Å². The van der Waals surface area contributed by atoms with Gasteiger partial charge in [0.15, 0.2) is 5.82 Å². The van der Waals surface area contributed by atoms with Gasteiger partial charge in [-0.15, -0.1) is 0 Å². The summed E-state index contributed by atoms with van der Waals surface area (Å²) in [7, 11) is 0. The Balaban J connectivity index is 1.59. The molecule has 0 amide bonds. The van der Waals surface area contributed by atoms with Crippen LogP contribution in [0.2, 0.25) is 0 Å². The monoisotopic (exact) mass is 337 g/mol. The van der Waals surface area contributed by atoms with E-state index in [1.165, 1.54) is 5.57 Å². The molecule has 0 unspecified atom stereocenters. The summed E-state index contributed by atoms with van der Waals surface area (Å²) in [4.78, 5) is 9.47. The Kier molecular flexibility index (Phi) is 4.53. The van der Waals surface area contributed by atoms with Crippen LogP contribution in [-0.4, -0.2) is 29.7 Å². The zero-order valence-corrected chi connectivity index (χ0v) is 14.2. The van der Waals surface area contributed by atoms with Crippen LogP contribution in [0.25, 0.3) is 22.3 Å². The van der Waals surface area contributed by atoms with Gasteiger partial charge in [0.2, 0.25) is 0 Å². The molecule has 24 heavy (non-hydrogen) atoms. The highest BCUT2D eigenvalue weighted by Gasteiger charge is 2.10. The Morgan fingerprint density at radius 1 is 1.17 bits per heavy atom. The minimum atomic E-state index is 0.744. The smallest absolute Gasteiger partial charge is 0.162 e. The first-order valence-corrected chi connectivity index (χ1v) is 9.13. The Morgan fingerprint density at radius 3 is 2.96 bits per heavy atom. The molecule has 1 N–H and O–H groups in total. The summed E-state index contributed by atoms with van der Waals surface area (Å²) in [6.45, 7) is 2.45. The topological polar surface area (TPSA) is 47.0 Å². The number of fused-ring (bicyclic) bond motifs is 1. The third kappa shape index (κ3) is 3.32. The molecule has 0 fully saturated rings. The molecule has 1 aliphatic rings.